The first kappa shape index (κ1) is 31.4. The number of rotatable bonds is 10. The maximum absolute atomic E-state index is 16.4. The molecule has 4 rings (SSSR count). The monoisotopic (exact) mass is 567 g/mol. The number of carbonyl (C=O) groups excluding carboxylic acids is 1. The Bertz CT molecular complexity index is 1500. The lowest BCUT2D eigenvalue weighted by Crippen LogP contribution is -2.33. The topological polar surface area (TPSA) is 90.6 Å². The Kier molecular flexibility index (Phi) is 10.7. The van der Waals surface area contributed by atoms with E-state index in [0.29, 0.717) is 50.5 Å². The zero-order chi connectivity index (χ0) is 30.3. The summed E-state index contributed by atoms with van der Waals surface area (Å²) in [6.45, 7) is 12.1. The molecule has 41 heavy (non-hydrogen) atoms. The highest BCUT2D eigenvalue weighted by molar-refractivity contribution is 5.89. The number of aryl methyl sites for hydroxylation is 1. The first-order valence-corrected chi connectivity index (χ1v) is 14.1. The first-order valence-electron chi connectivity index (χ1n) is 14.1. The third-order valence-corrected chi connectivity index (χ3v) is 7.15. The van der Waals surface area contributed by atoms with Gasteiger partial charge in [-0.05, 0) is 69.0 Å². The Morgan fingerprint density at radius 1 is 1.17 bits per heavy atom. The van der Waals surface area contributed by atoms with Gasteiger partial charge in [-0.15, -0.1) is 0 Å². The van der Waals surface area contributed by atoms with Crippen LogP contribution in [0.2, 0.25) is 0 Å². The van der Waals surface area contributed by atoms with Crippen molar-refractivity contribution in [3.63, 3.8) is 0 Å². The summed E-state index contributed by atoms with van der Waals surface area (Å²) in [6.07, 6.45) is 1.11. The average Bonchev–Trinajstić information content (AvgIpc) is 3.38. The van der Waals surface area contributed by atoms with E-state index in [9.17, 15) is 19.2 Å². The number of benzene rings is 2. The van der Waals surface area contributed by atoms with Gasteiger partial charge in [0.05, 0.1) is 23.2 Å². The Morgan fingerprint density at radius 2 is 1.90 bits per heavy atom. The molecule has 0 spiro atoms. The van der Waals surface area contributed by atoms with Crippen molar-refractivity contribution in [3.05, 3.63) is 69.0 Å². The number of fused-ring (bicyclic) bond motifs is 1. The number of hydrogen-bond donors (Lipinski definition) is 1. The van der Waals surface area contributed by atoms with Crippen LogP contribution < -0.4 is 15.8 Å². The van der Waals surface area contributed by atoms with Gasteiger partial charge in [0, 0.05) is 38.1 Å². The molecule has 220 valence electrons. The number of carbonyl (C=O) groups is 1. The van der Waals surface area contributed by atoms with Crippen LogP contribution in [-0.4, -0.2) is 48.3 Å². The SMILES string of the molecule is CC.CCN(CCCCN1CCOC1=O)c1c(F)c2c([C@@H](C)Nc3ccc(F)cc3C#N)cc(C)cc2c(=O)n1C. The predicted molar refractivity (Wildman–Crippen MR) is 158 cm³/mol. The molecule has 1 aliphatic heterocycles. The minimum absolute atomic E-state index is 0.134. The minimum Gasteiger partial charge on any atom is -0.448 e. The van der Waals surface area contributed by atoms with E-state index in [-0.39, 0.29) is 33.8 Å². The number of ether oxygens (including phenoxy) is 1. The highest BCUT2D eigenvalue weighted by Crippen LogP contribution is 2.33. The molecule has 8 nitrogen and oxygen atoms in total. The summed E-state index contributed by atoms with van der Waals surface area (Å²) in [7, 11) is 1.57. The molecule has 2 aromatic carbocycles. The molecule has 1 atom stereocenters. The third-order valence-electron chi connectivity index (χ3n) is 7.15. The number of pyridine rings is 1. The molecule has 10 heteroatoms. The summed E-state index contributed by atoms with van der Waals surface area (Å²) in [5.41, 5.74) is 1.61. The molecule has 0 bridgehead atoms. The van der Waals surface area contributed by atoms with Gasteiger partial charge in [0.1, 0.15) is 24.3 Å². The van der Waals surface area contributed by atoms with Gasteiger partial charge >= 0.3 is 6.09 Å². The van der Waals surface area contributed by atoms with Crippen LogP contribution in [0.25, 0.3) is 10.8 Å². The Morgan fingerprint density at radius 3 is 2.54 bits per heavy atom. The van der Waals surface area contributed by atoms with Crippen LogP contribution >= 0.6 is 0 Å². The summed E-state index contributed by atoms with van der Waals surface area (Å²) >= 11 is 0. The molecule has 1 N–H and O–H groups in total. The van der Waals surface area contributed by atoms with E-state index in [2.05, 4.69) is 5.32 Å². The smallest absolute Gasteiger partial charge is 0.409 e. The number of nitriles is 1. The second-order valence-electron chi connectivity index (χ2n) is 9.83. The lowest BCUT2D eigenvalue weighted by molar-refractivity contribution is 0.158. The number of nitrogens with one attached hydrogen (secondary N) is 1. The van der Waals surface area contributed by atoms with Gasteiger partial charge in [0.25, 0.3) is 5.56 Å². The summed E-state index contributed by atoms with van der Waals surface area (Å²) < 4.78 is 36.4. The van der Waals surface area contributed by atoms with Crippen molar-refractivity contribution in [1.29, 1.82) is 5.26 Å². The van der Waals surface area contributed by atoms with E-state index < -0.39 is 17.7 Å². The van der Waals surface area contributed by atoms with Gasteiger partial charge in [-0.1, -0.05) is 19.9 Å². The standard InChI is InChI=1S/C29H33F2N5O3.C2H6/c1-5-35(10-6-7-11-36-12-13-39-29(36)38)27-26(31)25-22(14-18(2)15-23(25)28(37)34(27)4)19(3)33-24-9-8-21(30)16-20(24)17-32;1-2/h8-9,14-16,19,33H,5-7,10-13H2,1-4H3;1-2H3/t19-;/m1./s1. The number of cyclic esters (lactones) is 1. The van der Waals surface area contributed by atoms with Gasteiger partial charge in [0.2, 0.25) is 0 Å². The number of aromatic nitrogens is 1. The maximum Gasteiger partial charge on any atom is 0.409 e. The molecule has 0 saturated carbocycles. The summed E-state index contributed by atoms with van der Waals surface area (Å²) in [6, 6.07) is 8.87. The zero-order valence-electron chi connectivity index (χ0n) is 24.7. The fourth-order valence-electron chi connectivity index (χ4n) is 5.15. The highest BCUT2D eigenvalue weighted by atomic mass is 19.1. The summed E-state index contributed by atoms with van der Waals surface area (Å²) in [4.78, 5) is 28.7. The molecular formula is C31H39F2N5O3. The number of amides is 1. The molecule has 1 aliphatic rings. The highest BCUT2D eigenvalue weighted by Gasteiger charge is 2.25. The van der Waals surface area contributed by atoms with E-state index in [4.69, 9.17) is 4.74 Å². The van der Waals surface area contributed by atoms with Gasteiger partial charge in [0.15, 0.2) is 5.82 Å². The number of unbranched alkanes of at least 4 members (excludes halogenated alkanes) is 1. The van der Waals surface area contributed by atoms with E-state index in [1.54, 1.807) is 18.0 Å². The number of halogens is 2. The first-order chi connectivity index (χ1) is 19.7. The van der Waals surface area contributed by atoms with Crippen molar-refractivity contribution in [3.8, 4) is 6.07 Å². The van der Waals surface area contributed by atoms with E-state index >= 15 is 4.39 Å². The van der Waals surface area contributed by atoms with E-state index in [1.165, 1.54) is 16.7 Å². The van der Waals surface area contributed by atoms with Crippen molar-refractivity contribution in [2.75, 3.05) is 43.0 Å². The quantitative estimate of drug-likeness (QED) is 0.291. The van der Waals surface area contributed by atoms with Crippen LogP contribution in [0.15, 0.2) is 35.1 Å². The van der Waals surface area contributed by atoms with E-state index in [0.717, 1.165) is 18.1 Å². The molecule has 1 saturated heterocycles. The second kappa shape index (κ2) is 14.0. The Balaban J connectivity index is 0.00000226. The van der Waals surface area contributed by atoms with Crippen LogP contribution in [0, 0.1) is 29.9 Å². The van der Waals surface area contributed by atoms with Crippen LogP contribution in [0.4, 0.5) is 25.1 Å². The van der Waals surface area contributed by atoms with Crippen molar-refractivity contribution in [1.82, 2.24) is 9.47 Å². The number of anilines is 2. The molecule has 1 aromatic heterocycles. The van der Waals surface area contributed by atoms with Crippen LogP contribution in [0.5, 0.6) is 0 Å². The maximum atomic E-state index is 16.4. The molecule has 1 fully saturated rings. The Labute approximate surface area is 240 Å². The molecule has 1 amide bonds. The van der Waals surface area contributed by atoms with Crippen molar-refractivity contribution in [2.45, 2.75) is 53.5 Å². The molecule has 0 aliphatic carbocycles. The van der Waals surface area contributed by atoms with Gasteiger partial charge in [-0.2, -0.15) is 5.26 Å². The van der Waals surface area contributed by atoms with Crippen LogP contribution in [0.3, 0.4) is 0 Å². The van der Waals surface area contributed by atoms with E-state index in [1.807, 2.05) is 51.7 Å². The zero-order valence-corrected chi connectivity index (χ0v) is 24.7. The van der Waals surface area contributed by atoms with Crippen molar-refractivity contribution < 1.29 is 18.3 Å². The second-order valence-corrected chi connectivity index (χ2v) is 9.83. The average molecular weight is 568 g/mol. The number of hydrogen-bond acceptors (Lipinski definition) is 6. The number of nitrogens with zero attached hydrogens (tertiary/aromatic N) is 4. The van der Waals surface area contributed by atoms with Crippen molar-refractivity contribution in [2.24, 2.45) is 7.05 Å². The molecule has 3 aromatic rings. The third kappa shape index (κ3) is 6.79. The normalized spacial score (nSPS) is 13.3. The lowest BCUT2D eigenvalue weighted by atomic mass is 9.96. The molecular weight excluding hydrogens is 528 g/mol. The summed E-state index contributed by atoms with van der Waals surface area (Å²) in [5, 5.41) is 13.1. The molecule has 0 unspecified atom stereocenters. The molecule has 2 heterocycles. The fraction of sp³-hybridized carbons (Fsp3) is 0.452. The fourth-order valence-corrected chi connectivity index (χ4v) is 5.15. The predicted octanol–water partition coefficient (Wildman–Crippen LogP) is 6.25. The summed E-state index contributed by atoms with van der Waals surface area (Å²) in [5.74, 6) is -0.822. The Hall–Kier alpha value is -4.13. The van der Waals surface area contributed by atoms with Crippen molar-refractivity contribution >= 4 is 28.4 Å². The van der Waals surface area contributed by atoms with Gasteiger partial charge in [-0.3, -0.25) is 9.36 Å². The van der Waals surface area contributed by atoms with Crippen LogP contribution in [-0.2, 0) is 11.8 Å². The van der Waals surface area contributed by atoms with Gasteiger partial charge < -0.3 is 19.9 Å². The van der Waals surface area contributed by atoms with Gasteiger partial charge in [-0.25, -0.2) is 13.6 Å². The van der Waals surface area contributed by atoms with Crippen LogP contribution in [0.1, 0.15) is 63.3 Å². The molecule has 0 radical (unpaired) electrons. The minimum atomic E-state index is -0.523. The largest absolute Gasteiger partial charge is 0.448 e. The lowest BCUT2D eigenvalue weighted by Gasteiger charge is -2.28.